The molecule has 15 heavy (non-hydrogen) atoms. The minimum Gasteiger partial charge on any atom is -0.306 e. The highest BCUT2D eigenvalue weighted by Crippen LogP contribution is 2.26. The largest absolute Gasteiger partial charge is 0.306 e. The molecule has 0 N–H and O–H groups in total. The SMILES string of the molecule is C[C@@H]1C[C@H](C)CN(C2CCN(C)CC2)C1. The third-order valence-electron chi connectivity index (χ3n) is 4.10. The normalized spacial score (nSPS) is 37.0. The van der Waals surface area contributed by atoms with E-state index < -0.39 is 0 Å². The average Bonchev–Trinajstić information content (AvgIpc) is 2.17. The summed E-state index contributed by atoms with van der Waals surface area (Å²) in [5.41, 5.74) is 0. The Balaban J connectivity index is 1.87. The second-order valence-electron chi connectivity index (χ2n) is 5.93. The molecule has 2 aliphatic rings. The summed E-state index contributed by atoms with van der Waals surface area (Å²) in [5, 5.41) is 0. The van der Waals surface area contributed by atoms with Gasteiger partial charge in [-0.25, -0.2) is 0 Å². The summed E-state index contributed by atoms with van der Waals surface area (Å²) >= 11 is 0. The molecule has 2 saturated heterocycles. The Morgan fingerprint density at radius 2 is 1.47 bits per heavy atom. The predicted octanol–water partition coefficient (Wildman–Crippen LogP) is 2.06. The lowest BCUT2D eigenvalue weighted by Crippen LogP contribution is -2.49. The highest BCUT2D eigenvalue weighted by atomic mass is 15.2. The van der Waals surface area contributed by atoms with E-state index in [0.29, 0.717) is 0 Å². The molecule has 0 amide bonds. The van der Waals surface area contributed by atoms with Crippen molar-refractivity contribution in [2.24, 2.45) is 11.8 Å². The Hall–Kier alpha value is -0.0800. The third kappa shape index (κ3) is 2.94. The maximum atomic E-state index is 2.77. The summed E-state index contributed by atoms with van der Waals surface area (Å²) in [7, 11) is 2.25. The lowest BCUT2D eigenvalue weighted by Gasteiger charge is -2.43. The van der Waals surface area contributed by atoms with E-state index in [1.54, 1.807) is 0 Å². The van der Waals surface area contributed by atoms with Crippen molar-refractivity contribution in [2.45, 2.75) is 39.2 Å². The molecule has 2 atom stereocenters. The van der Waals surface area contributed by atoms with Crippen LogP contribution >= 0.6 is 0 Å². The molecule has 0 aliphatic carbocycles. The maximum absolute atomic E-state index is 2.77. The van der Waals surface area contributed by atoms with Crippen LogP contribution in [0, 0.1) is 11.8 Å². The summed E-state index contributed by atoms with van der Waals surface area (Å²) < 4.78 is 0. The molecule has 2 fully saturated rings. The molecule has 2 heterocycles. The van der Waals surface area contributed by atoms with Crippen LogP contribution in [-0.4, -0.2) is 49.1 Å². The Labute approximate surface area is 94.6 Å². The zero-order chi connectivity index (χ0) is 10.8. The molecule has 0 bridgehead atoms. The van der Waals surface area contributed by atoms with Gasteiger partial charge >= 0.3 is 0 Å². The van der Waals surface area contributed by atoms with Gasteiger partial charge in [-0.2, -0.15) is 0 Å². The molecule has 0 spiro atoms. The second kappa shape index (κ2) is 4.84. The lowest BCUT2D eigenvalue weighted by molar-refractivity contribution is 0.0604. The molecule has 0 saturated carbocycles. The quantitative estimate of drug-likeness (QED) is 0.653. The summed E-state index contributed by atoms with van der Waals surface area (Å²) in [4.78, 5) is 5.24. The standard InChI is InChI=1S/C13H26N2/c1-11-8-12(2)10-15(9-11)13-4-6-14(3)7-5-13/h11-13H,4-10H2,1-3H3/t11-,12+. The molecule has 88 valence electrons. The average molecular weight is 210 g/mol. The zero-order valence-corrected chi connectivity index (χ0v) is 10.6. The van der Waals surface area contributed by atoms with Gasteiger partial charge in [0.05, 0.1) is 0 Å². The number of likely N-dealkylation sites (tertiary alicyclic amines) is 2. The Morgan fingerprint density at radius 3 is 2.00 bits per heavy atom. The lowest BCUT2D eigenvalue weighted by atomic mass is 9.89. The number of hydrogen-bond acceptors (Lipinski definition) is 2. The first kappa shape index (κ1) is 11.4. The van der Waals surface area contributed by atoms with E-state index in [1.165, 1.54) is 45.4 Å². The van der Waals surface area contributed by atoms with Crippen LogP contribution in [0.2, 0.25) is 0 Å². The first-order valence-corrected chi connectivity index (χ1v) is 6.57. The van der Waals surface area contributed by atoms with E-state index in [2.05, 4.69) is 30.7 Å². The van der Waals surface area contributed by atoms with Crippen LogP contribution in [0.1, 0.15) is 33.1 Å². The van der Waals surface area contributed by atoms with Gasteiger partial charge in [0.25, 0.3) is 0 Å². The van der Waals surface area contributed by atoms with Crippen molar-refractivity contribution in [1.29, 1.82) is 0 Å². The zero-order valence-electron chi connectivity index (χ0n) is 10.6. The predicted molar refractivity (Wildman–Crippen MR) is 65.0 cm³/mol. The molecule has 0 unspecified atom stereocenters. The number of rotatable bonds is 1. The minimum atomic E-state index is 0.881. The molecule has 0 radical (unpaired) electrons. The summed E-state index contributed by atoms with van der Waals surface area (Å²) in [6, 6.07) is 0.881. The third-order valence-corrected chi connectivity index (χ3v) is 4.10. The second-order valence-corrected chi connectivity index (χ2v) is 5.93. The first-order chi connectivity index (χ1) is 7.15. The van der Waals surface area contributed by atoms with Gasteiger partial charge in [0.15, 0.2) is 0 Å². The van der Waals surface area contributed by atoms with E-state index in [-0.39, 0.29) is 0 Å². The van der Waals surface area contributed by atoms with E-state index >= 15 is 0 Å². The molecular formula is C13H26N2. The van der Waals surface area contributed by atoms with Gasteiger partial charge < -0.3 is 4.90 Å². The van der Waals surface area contributed by atoms with Gasteiger partial charge in [0.2, 0.25) is 0 Å². The first-order valence-electron chi connectivity index (χ1n) is 6.57. The van der Waals surface area contributed by atoms with Crippen LogP contribution in [0.3, 0.4) is 0 Å². The molecule has 2 rings (SSSR count). The molecule has 0 aromatic heterocycles. The fraction of sp³-hybridized carbons (Fsp3) is 1.00. The topological polar surface area (TPSA) is 6.48 Å². The van der Waals surface area contributed by atoms with Gasteiger partial charge in [-0.1, -0.05) is 13.8 Å². The monoisotopic (exact) mass is 210 g/mol. The number of hydrogen-bond donors (Lipinski definition) is 0. The van der Waals surface area contributed by atoms with E-state index in [4.69, 9.17) is 0 Å². The Kier molecular flexibility index (Phi) is 3.68. The molecule has 2 heteroatoms. The van der Waals surface area contributed by atoms with Crippen LogP contribution < -0.4 is 0 Å². The van der Waals surface area contributed by atoms with Gasteiger partial charge in [-0.05, 0) is 51.2 Å². The smallest absolute Gasteiger partial charge is 0.0120 e. The highest BCUT2D eigenvalue weighted by molar-refractivity contribution is 4.83. The van der Waals surface area contributed by atoms with Crippen LogP contribution in [0.15, 0.2) is 0 Å². The van der Waals surface area contributed by atoms with Crippen LogP contribution in [0.4, 0.5) is 0 Å². The van der Waals surface area contributed by atoms with Gasteiger partial charge in [-0.15, -0.1) is 0 Å². The highest BCUT2D eigenvalue weighted by Gasteiger charge is 2.28. The van der Waals surface area contributed by atoms with Gasteiger partial charge in [0, 0.05) is 19.1 Å². The van der Waals surface area contributed by atoms with Crippen LogP contribution in [-0.2, 0) is 0 Å². The molecule has 0 aromatic carbocycles. The van der Waals surface area contributed by atoms with Crippen molar-refractivity contribution in [3.05, 3.63) is 0 Å². The number of nitrogens with zero attached hydrogens (tertiary/aromatic N) is 2. The van der Waals surface area contributed by atoms with Crippen LogP contribution in [0.25, 0.3) is 0 Å². The van der Waals surface area contributed by atoms with Crippen molar-refractivity contribution in [1.82, 2.24) is 9.80 Å². The van der Waals surface area contributed by atoms with Crippen molar-refractivity contribution in [3.8, 4) is 0 Å². The Bertz CT molecular complexity index is 187. The minimum absolute atomic E-state index is 0.881. The van der Waals surface area contributed by atoms with Crippen molar-refractivity contribution < 1.29 is 0 Å². The van der Waals surface area contributed by atoms with Gasteiger partial charge in [0.1, 0.15) is 0 Å². The molecule has 2 aliphatic heterocycles. The van der Waals surface area contributed by atoms with Crippen molar-refractivity contribution >= 4 is 0 Å². The van der Waals surface area contributed by atoms with Crippen molar-refractivity contribution in [2.75, 3.05) is 33.2 Å². The maximum Gasteiger partial charge on any atom is 0.0120 e. The molecule has 0 aromatic rings. The fourth-order valence-electron chi connectivity index (χ4n) is 3.37. The van der Waals surface area contributed by atoms with Crippen molar-refractivity contribution in [3.63, 3.8) is 0 Å². The van der Waals surface area contributed by atoms with Gasteiger partial charge in [-0.3, -0.25) is 4.90 Å². The summed E-state index contributed by atoms with van der Waals surface area (Å²) in [5.74, 6) is 1.82. The van der Waals surface area contributed by atoms with Crippen LogP contribution in [0.5, 0.6) is 0 Å². The summed E-state index contributed by atoms with van der Waals surface area (Å²) in [6.45, 7) is 10.1. The number of piperidine rings is 2. The van der Waals surface area contributed by atoms with E-state index in [9.17, 15) is 0 Å². The molecular weight excluding hydrogens is 184 g/mol. The molecule has 2 nitrogen and oxygen atoms in total. The Morgan fingerprint density at radius 1 is 0.933 bits per heavy atom. The van der Waals surface area contributed by atoms with E-state index in [1.807, 2.05) is 0 Å². The fourth-order valence-corrected chi connectivity index (χ4v) is 3.37. The van der Waals surface area contributed by atoms with E-state index in [0.717, 1.165) is 17.9 Å². The summed E-state index contributed by atoms with van der Waals surface area (Å²) in [6.07, 6.45) is 4.20.